The molecule has 0 atom stereocenters. The largest absolute Gasteiger partial charge is 0.378 e. The lowest BCUT2D eigenvalue weighted by molar-refractivity contribution is 0.0674. The minimum Gasteiger partial charge on any atom is -0.378 e. The molecule has 2 aliphatic rings. The van der Waals surface area contributed by atoms with E-state index < -0.39 is 0 Å². The standard InChI is InChI=1S/C13H27N5O/c1-16-4-2-5-17(8-7-16)6-3-15-13(14)18-9-11-19-12-10-18/h2-12H2,1H3,(H2,14,15). The number of likely N-dealkylation sites (N-methyl/N-ethyl adjacent to an activating group) is 1. The van der Waals surface area contributed by atoms with Crippen molar-refractivity contribution in [3.05, 3.63) is 0 Å². The Labute approximate surface area is 116 Å². The van der Waals surface area contributed by atoms with Crippen LogP contribution in [0.3, 0.4) is 0 Å². The molecule has 0 bridgehead atoms. The highest BCUT2D eigenvalue weighted by Crippen LogP contribution is 2.01. The number of morpholine rings is 1. The SMILES string of the molecule is CN1CCCN(CCN=C(N)N2CCOCC2)CC1. The summed E-state index contributed by atoms with van der Waals surface area (Å²) in [6.45, 7) is 9.74. The summed E-state index contributed by atoms with van der Waals surface area (Å²) in [6, 6.07) is 0. The van der Waals surface area contributed by atoms with Gasteiger partial charge in [-0.3, -0.25) is 4.99 Å². The smallest absolute Gasteiger partial charge is 0.191 e. The van der Waals surface area contributed by atoms with Crippen molar-refractivity contribution in [1.82, 2.24) is 14.7 Å². The van der Waals surface area contributed by atoms with E-state index in [2.05, 4.69) is 26.7 Å². The highest BCUT2D eigenvalue weighted by Gasteiger charge is 2.13. The topological polar surface area (TPSA) is 57.3 Å². The Morgan fingerprint density at radius 3 is 2.68 bits per heavy atom. The van der Waals surface area contributed by atoms with Crippen LogP contribution in [-0.2, 0) is 4.74 Å². The van der Waals surface area contributed by atoms with Crippen LogP contribution in [0.2, 0.25) is 0 Å². The molecule has 2 N–H and O–H groups in total. The summed E-state index contributed by atoms with van der Waals surface area (Å²) in [7, 11) is 2.19. The van der Waals surface area contributed by atoms with Crippen molar-refractivity contribution >= 4 is 5.96 Å². The number of aliphatic imine (C=N–C) groups is 1. The second-order valence-electron chi connectivity index (χ2n) is 5.34. The number of guanidine groups is 1. The van der Waals surface area contributed by atoms with E-state index in [1.165, 1.54) is 19.5 Å². The van der Waals surface area contributed by atoms with Gasteiger partial charge in [0.25, 0.3) is 0 Å². The van der Waals surface area contributed by atoms with Gasteiger partial charge in [0.05, 0.1) is 19.8 Å². The van der Waals surface area contributed by atoms with Crippen molar-refractivity contribution in [3.8, 4) is 0 Å². The van der Waals surface area contributed by atoms with Gasteiger partial charge in [0.1, 0.15) is 0 Å². The molecule has 0 aromatic heterocycles. The molecule has 19 heavy (non-hydrogen) atoms. The average Bonchev–Trinajstić information content (AvgIpc) is 2.65. The predicted molar refractivity (Wildman–Crippen MR) is 77.4 cm³/mol. The number of nitrogens with zero attached hydrogens (tertiary/aromatic N) is 4. The number of rotatable bonds is 3. The Morgan fingerprint density at radius 1 is 1.11 bits per heavy atom. The maximum Gasteiger partial charge on any atom is 0.191 e. The van der Waals surface area contributed by atoms with Gasteiger partial charge in [0.15, 0.2) is 5.96 Å². The zero-order valence-corrected chi connectivity index (χ0v) is 12.1. The lowest BCUT2D eigenvalue weighted by atomic mass is 10.4. The van der Waals surface area contributed by atoms with E-state index in [4.69, 9.17) is 10.5 Å². The number of ether oxygens (including phenoxy) is 1. The van der Waals surface area contributed by atoms with Gasteiger partial charge in [0.2, 0.25) is 0 Å². The van der Waals surface area contributed by atoms with Gasteiger partial charge >= 0.3 is 0 Å². The van der Waals surface area contributed by atoms with E-state index in [1.54, 1.807) is 0 Å². The van der Waals surface area contributed by atoms with E-state index >= 15 is 0 Å². The van der Waals surface area contributed by atoms with Gasteiger partial charge in [0, 0.05) is 32.7 Å². The van der Waals surface area contributed by atoms with Gasteiger partial charge in [-0.2, -0.15) is 0 Å². The molecule has 0 radical (unpaired) electrons. The van der Waals surface area contributed by atoms with Gasteiger partial charge in [-0.05, 0) is 26.6 Å². The van der Waals surface area contributed by atoms with Crippen molar-refractivity contribution in [2.75, 3.05) is 72.6 Å². The molecule has 0 aliphatic carbocycles. The lowest BCUT2D eigenvalue weighted by Gasteiger charge is -2.27. The highest BCUT2D eigenvalue weighted by molar-refractivity contribution is 5.78. The molecule has 2 rings (SSSR count). The second-order valence-corrected chi connectivity index (χ2v) is 5.34. The normalized spacial score (nSPS) is 24.5. The third-order valence-corrected chi connectivity index (χ3v) is 3.84. The molecular weight excluding hydrogens is 242 g/mol. The maximum absolute atomic E-state index is 6.01. The molecule has 6 nitrogen and oxygen atoms in total. The van der Waals surface area contributed by atoms with Crippen LogP contribution in [-0.4, -0.2) is 93.3 Å². The molecule has 0 aromatic rings. The zero-order valence-electron chi connectivity index (χ0n) is 12.1. The minimum atomic E-state index is 0.676. The molecule has 0 unspecified atom stereocenters. The first kappa shape index (κ1) is 14.6. The van der Waals surface area contributed by atoms with Crippen LogP contribution in [0.4, 0.5) is 0 Å². The van der Waals surface area contributed by atoms with E-state index in [1.807, 2.05) is 0 Å². The Balaban J connectivity index is 1.69. The molecule has 6 heteroatoms. The second kappa shape index (κ2) is 7.67. The molecular formula is C13H27N5O. The van der Waals surface area contributed by atoms with E-state index in [0.29, 0.717) is 5.96 Å². The first-order valence-corrected chi connectivity index (χ1v) is 7.29. The molecule has 110 valence electrons. The molecule has 0 aromatic carbocycles. The Hall–Kier alpha value is -0.850. The Kier molecular flexibility index (Phi) is 5.88. The number of nitrogens with two attached hydrogens (primary N) is 1. The monoisotopic (exact) mass is 269 g/mol. The van der Waals surface area contributed by atoms with Crippen molar-refractivity contribution in [1.29, 1.82) is 0 Å². The molecule has 2 fully saturated rings. The van der Waals surface area contributed by atoms with Crippen LogP contribution in [0.25, 0.3) is 0 Å². The maximum atomic E-state index is 6.01. The molecule has 2 aliphatic heterocycles. The molecule has 0 saturated carbocycles. The number of hydrogen-bond acceptors (Lipinski definition) is 4. The van der Waals surface area contributed by atoms with E-state index in [-0.39, 0.29) is 0 Å². The van der Waals surface area contributed by atoms with Crippen LogP contribution in [0.1, 0.15) is 6.42 Å². The zero-order chi connectivity index (χ0) is 13.5. The quantitative estimate of drug-likeness (QED) is 0.541. The first-order chi connectivity index (χ1) is 9.25. The summed E-state index contributed by atoms with van der Waals surface area (Å²) in [4.78, 5) is 11.5. The van der Waals surface area contributed by atoms with Crippen molar-refractivity contribution in [2.24, 2.45) is 10.7 Å². The van der Waals surface area contributed by atoms with Crippen LogP contribution in [0.15, 0.2) is 4.99 Å². The number of hydrogen-bond donors (Lipinski definition) is 1. The fraction of sp³-hybridized carbons (Fsp3) is 0.923. The molecule has 2 saturated heterocycles. The Morgan fingerprint density at radius 2 is 1.89 bits per heavy atom. The summed E-state index contributed by atoms with van der Waals surface area (Å²) in [5.74, 6) is 0.676. The molecule has 2 heterocycles. The van der Waals surface area contributed by atoms with E-state index in [0.717, 1.165) is 52.5 Å². The molecule has 0 amide bonds. The highest BCUT2D eigenvalue weighted by atomic mass is 16.5. The third-order valence-electron chi connectivity index (χ3n) is 3.84. The van der Waals surface area contributed by atoms with Gasteiger partial charge < -0.3 is 25.2 Å². The van der Waals surface area contributed by atoms with Crippen LogP contribution in [0, 0.1) is 0 Å². The molecule has 0 spiro atoms. The van der Waals surface area contributed by atoms with Gasteiger partial charge in [-0.1, -0.05) is 0 Å². The summed E-state index contributed by atoms with van der Waals surface area (Å²) in [5.41, 5.74) is 6.01. The summed E-state index contributed by atoms with van der Waals surface area (Å²) >= 11 is 0. The summed E-state index contributed by atoms with van der Waals surface area (Å²) in [6.07, 6.45) is 1.25. The Bertz CT molecular complexity index is 291. The lowest BCUT2D eigenvalue weighted by Crippen LogP contribution is -2.45. The van der Waals surface area contributed by atoms with E-state index in [9.17, 15) is 0 Å². The fourth-order valence-electron chi connectivity index (χ4n) is 2.52. The van der Waals surface area contributed by atoms with Gasteiger partial charge in [-0.15, -0.1) is 0 Å². The minimum absolute atomic E-state index is 0.676. The summed E-state index contributed by atoms with van der Waals surface area (Å²) < 4.78 is 5.31. The van der Waals surface area contributed by atoms with Gasteiger partial charge in [-0.25, -0.2) is 0 Å². The average molecular weight is 269 g/mol. The predicted octanol–water partition coefficient (Wildman–Crippen LogP) is -0.729. The van der Waals surface area contributed by atoms with Crippen LogP contribution < -0.4 is 5.73 Å². The van der Waals surface area contributed by atoms with Crippen molar-refractivity contribution in [3.63, 3.8) is 0 Å². The first-order valence-electron chi connectivity index (χ1n) is 7.29. The van der Waals surface area contributed by atoms with Crippen molar-refractivity contribution in [2.45, 2.75) is 6.42 Å². The third kappa shape index (κ3) is 4.97. The van der Waals surface area contributed by atoms with Crippen molar-refractivity contribution < 1.29 is 4.74 Å². The fourth-order valence-corrected chi connectivity index (χ4v) is 2.52. The van der Waals surface area contributed by atoms with Crippen LogP contribution in [0.5, 0.6) is 0 Å². The summed E-state index contributed by atoms with van der Waals surface area (Å²) in [5, 5.41) is 0. The van der Waals surface area contributed by atoms with Crippen LogP contribution >= 0.6 is 0 Å².